The van der Waals surface area contributed by atoms with Gasteiger partial charge in [0.1, 0.15) is 11.9 Å². The van der Waals surface area contributed by atoms with E-state index in [2.05, 4.69) is 27.6 Å². The first-order valence-electron chi connectivity index (χ1n) is 9.02. The summed E-state index contributed by atoms with van der Waals surface area (Å²) in [7, 11) is 0. The van der Waals surface area contributed by atoms with Crippen LogP contribution in [0.3, 0.4) is 0 Å². The van der Waals surface area contributed by atoms with E-state index in [-0.39, 0.29) is 17.5 Å². The lowest BCUT2D eigenvalue weighted by Crippen LogP contribution is -2.27. The number of nitrogens with one attached hydrogen (secondary N) is 1. The van der Waals surface area contributed by atoms with Crippen LogP contribution in [0.1, 0.15) is 24.9 Å². The van der Waals surface area contributed by atoms with Crippen molar-refractivity contribution in [3.05, 3.63) is 66.0 Å². The lowest BCUT2D eigenvalue weighted by Gasteiger charge is -2.19. The van der Waals surface area contributed by atoms with Crippen LogP contribution in [0.4, 0.5) is 16.0 Å². The van der Waals surface area contributed by atoms with E-state index in [9.17, 15) is 9.18 Å². The number of halogens is 1. The minimum Gasteiger partial charge on any atom is -0.368 e. The van der Waals surface area contributed by atoms with Gasteiger partial charge in [0, 0.05) is 5.75 Å². The quantitative estimate of drug-likeness (QED) is 0.561. The number of carbonyl (C=O) groups is 1. The molecular weight excluding hydrogens is 377 g/mol. The molecule has 0 bridgehead atoms. The van der Waals surface area contributed by atoms with Gasteiger partial charge in [0.15, 0.2) is 5.16 Å². The highest BCUT2D eigenvalue weighted by atomic mass is 32.2. The third-order valence-corrected chi connectivity index (χ3v) is 5.23. The highest BCUT2D eigenvalue weighted by Gasteiger charge is 2.25. The van der Waals surface area contributed by atoms with Crippen LogP contribution in [0.5, 0.6) is 0 Å². The van der Waals surface area contributed by atoms with Crippen LogP contribution in [-0.2, 0) is 11.2 Å². The minimum atomic E-state index is -0.631. The average Bonchev–Trinajstić information content (AvgIpc) is 3.06. The number of thioether (sulfide) groups is 1. The van der Waals surface area contributed by atoms with Gasteiger partial charge in [-0.15, -0.1) is 10.2 Å². The summed E-state index contributed by atoms with van der Waals surface area (Å²) in [4.78, 5) is 12.8. The summed E-state index contributed by atoms with van der Waals surface area (Å²) in [6.45, 7) is 1.86. The van der Waals surface area contributed by atoms with Gasteiger partial charge in [0.25, 0.3) is 0 Å². The number of hydrogen-bond donors (Lipinski definition) is 2. The van der Waals surface area contributed by atoms with Crippen molar-refractivity contribution in [3.63, 3.8) is 0 Å². The number of anilines is 2. The van der Waals surface area contributed by atoms with Gasteiger partial charge in [-0.05, 0) is 30.5 Å². The van der Waals surface area contributed by atoms with Gasteiger partial charge in [-0.25, -0.2) is 4.39 Å². The molecule has 3 aromatic rings. The van der Waals surface area contributed by atoms with Crippen LogP contribution in [0.25, 0.3) is 0 Å². The van der Waals surface area contributed by atoms with Gasteiger partial charge in [-0.2, -0.15) is 0 Å². The monoisotopic (exact) mass is 399 g/mol. The largest absolute Gasteiger partial charge is 0.368 e. The second-order valence-corrected chi connectivity index (χ2v) is 7.25. The van der Waals surface area contributed by atoms with E-state index >= 15 is 0 Å². The zero-order chi connectivity index (χ0) is 19.9. The van der Waals surface area contributed by atoms with Crippen LogP contribution >= 0.6 is 11.8 Å². The molecule has 0 saturated carbocycles. The molecule has 146 valence electrons. The highest BCUT2D eigenvalue weighted by molar-refractivity contribution is 7.99. The zero-order valence-electron chi connectivity index (χ0n) is 15.5. The lowest BCUT2D eigenvalue weighted by atomic mass is 10.2. The number of nitrogen functional groups attached to an aromatic ring is 1. The van der Waals surface area contributed by atoms with Crippen LogP contribution in [0.15, 0.2) is 59.8 Å². The Labute approximate surface area is 167 Å². The van der Waals surface area contributed by atoms with E-state index in [0.29, 0.717) is 11.6 Å². The molecule has 6 nitrogen and oxygen atoms in total. The maximum Gasteiger partial charge on any atom is 0.247 e. The van der Waals surface area contributed by atoms with Crippen LogP contribution in [0.2, 0.25) is 0 Å². The number of para-hydroxylation sites is 1. The molecule has 0 radical (unpaired) electrons. The van der Waals surface area contributed by atoms with Crippen molar-refractivity contribution in [3.8, 4) is 0 Å². The molecule has 1 unspecified atom stereocenters. The summed E-state index contributed by atoms with van der Waals surface area (Å²) in [5.74, 6) is 0.0923. The predicted octanol–water partition coefficient (Wildman–Crippen LogP) is 3.92. The third-order valence-electron chi connectivity index (χ3n) is 4.29. The number of nitrogens with two attached hydrogens (primary N) is 1. The van der Waals surface area contributed by atoms with Crippen LogP contribution in [-0.4, -0.2) is 26.4 Å². The number of carbonyl (C=O) groups excluding carboxylic acids is 1. The molecule has 1 atom stereocenters. The van der Waals surface area contributed by atoms with Crippen molar-refractivity contribution in [1.29, 1.82) is 0 Å². The first kappa shape index (κ1) is 19.9. The standard InChI is InChI=1S/C20H22FN5OS/c1-2-17(18(27)23-16-11-7-6-10-15(16)21)26-19(22)24-25-20(26)28-13-12-14-8-4-3-5-9-14/h3-11,17H,2,12-13H2,1H3,(H2,22,24)(H,23,27). The fourth-order valence-corrected chi connectivity index (χ4v) is 3.83. The van der Waals surface area contributed by atoms with Gasteiger partial charge >= 0.3 is 0 Å². The number of aryl methyl sites for hydroxylation is 1. The van der Waals surface area contributed by atoms with E-state index in [4.69, 9.17) is 5.73 Å². The fraction of sp³-hybridized carbons (Fsp3) is 0.250. The number of hydrogen-bond acceptors (Lipinski definition) is 5. The van der Waals surface area contributed by atoms with E-state index in [1.54, 1.807) is 16.7 Å². The SMILES string of the molecule is CCC(C(=O)Nc1ccccc1F)n1c(N)nnc1SCCc1ccccc1. The summed E-state index contributed by atoms with van der Waals surface area (Å²) >= 11 is 1.49. The van der Waals surface area contributed by atoms with Crippen molar-refractivity contribution >= 4 is 29.3 Å². The van der Waals surface area contributed by atoms with Crippen molar-refractivity contribution in [2.75, 3.05) is 16.8 Å². The zero-order valence-corrected chi connectivity index (χ0v) is 16.3. The maximum absolute atomic E-state index is 13.9. The second-order valence-electron chi connectivity index (χ2n) is 6.19. The van der Waals surface area contributed by atoms with Gasteiger partial charge in [0.2, 0.25) is 11.9 Å². The Hall–Kier alpha value is -2.87. The second kappa shape index (κ2) is 9.36. The Kier molecular flexibility index (Phi) is 6.65. The third kappa shape index (κ3) is 4.69. The minimum absolute atomic E-state index is 0.135. The predicted molar refractivity (Wildman–Crippen MR) is 110 cm³/mol. The number of amides is 1. The molecule has 0 fully saturated rings. The normalized spacial score (nSPS) is 11.9. The Morgan fingerprint density at radius 1 is 1.18 bits per heavy atom. The molecule has 0 aliphatic rings. The average molecular weight is 399 g/mol. The van der Waals surface area contributed by atoms with Crippen molar-refractivity contribution in [2.24, 2.45) is 0 Å². The molecule has 0 aliphatic carbocycles. The van der Waals surface area contributed by atoms with Crippen molar-refractivity contribution < 1.29 is 9.18 Å². The molecule has 3 rings (SSSR count). The van der Waals surface area contributed by atoms with Gasteiger partial charge in [-0.1, -0.05) is 61.2 Å². The molecule has 3 N–H and O–H groups in total. The Morgan fingerprint density at radius 3 is 2.61 bits per heavy atom. The topological polar surface area (TPSA) is 85.8 Å². The van der Waals surface area contributed by atoms with E-state index < -0.39 is 11.9 Å². The fourth-order valence-electron chi connectivity index (χ4n) is 2.85. The first-order valence-corrected chi connectivity index (χ1v) is 10.0. The molecule has 28 heavy (non-hydrogen) atoms. The summed E-state index contributed by atoms with van der Waals surface area (Å²) in [6.07, 6.45) is 1.32. The number of benzene rings is 2. The number of aromatic nitrogens is 3. The highest BCUT2D eigenvalue weighted by Crippen LogP contribution is 2.27. The van der Waals surface area contributed by atoms with E-state index in [1.165, 1.54) is 29.5 Å². The van der Waals surface area contributed by atoms with Gasteiger partial charge in [0.05, 0.1) is 5.69 Å². The van der Waals surface area contributed by atoms with Crippen molar-refractivity contribution in [1.82, 2.24) is 14.8 Å². The molecule has 0 spiro atoms. The van der Waals surface area contributed by atoms with Gasteiger partial charge in [-0.3, -0.25) is 9.36 Å². The van der Waals surface area contributed by atoms with E-state index in [1.807, 2.05) is 25.1 Å². The molecule has 0 aliphatic heterocycles. The molecule has 0 saturated heterocycles. The smallest absolute Gasteiger partial charge is 0.247 e. The van der Waals surface area contributed by atoms with Crippen LogP contribution in [0, 0.1) is 5.82 Å². The van der Waals surface area contributed by atoms with E-state index in [0.717, 1.165) is 12.2 Å². The molecule has 8 heteroatoms. The number of rotatable bonds is 8. The number of nitrogens with zero attached hydrogens (tertiary/aromatic N) is 3. The van der Waals surface area contributed by atoms with Crippen LogP contribution < -0.4 is 11.1 Å². The summed E-state index contributed by atoms with van der Waals surface area (Å²) in [5.41, 5.74) is 7.34. The van der Waals surface area contributed by atoms with Gasteiger partial charge < -0.3 is 11.1 Å². The molecular formula is C20H22FN5OS. The maximum atomic E-state index is 13.9. The Morgan fingerprint density at radius 2 is 1.89 bits per heavy atom. The molecule has 2 aromatic carbocycles. The first-order chi connectivity index (χ1) is 13.6. The molecule has 1 heterocycles. The molecule has 1 amide bonds. The summed E-state index contributed by atoms with van der Waals surface area (Å²) < 4.78 is 15.5. The summed E-state index contributed by atoms with van der Waals surface area (Å²) in [6, 6.07) is 15.5. The molecule has 1 aromatic heterocycles. The van der Waals surface area contributed by atoms with Crippen molar-refractivity contribution in [2.45, 2.75) is 31.0 Å². The Bertz CT molecular complexity index is 931. The lowest BCUT2D eigenvalue weighted by molar-refractivity contribution is -0.119. The Balaban J connectivity index is 1.72. The summed E-state index contributed by atoms with van der Waals surface area (Å²) in [5, 5.41) is 11.3.